The minimum Gasteiger partial charge on any atom is -0.340 e. The van der Waals surface area contributed by atoms with Gasteiger partial charge in [-0.2, -0.15) is 0 Å². The number of rotatable bonds is 6. The molecule has 0 aliphatic heterocycles. The van der Waals surface area contributed by atoms with Gasteiger partial charge in [-0.05, 0) is 61.9 Å². The molecule has 2 aromatic carbocycles. The number of carbonyl (C=O) groups excluding carboxylic acids is 1. The fraction of sp³-hybridized carbons (Fsp3) is 0.0833. The summed E-state index contributed by atoms with van der Waals surface area (Å²) in [7, 11) is 0. The van der Waals surface area contributed by atoms with E-state index in [0.29, 0.717) is 23.0 Å². The highest BCUT2D eigenvalue weighted by atomic mass is 16.1. The van der Waals surface area contributed by atoms with Crippen molar-refractivity contribution < 1.29 is 4.79 Å². The minimum absolute atomic E-state index is 0.122. The topological polar surface area (TPSA) is 91.8 Å². The van der Waals surface area contributed by atoms with Crippen molar-refractivity contribution in [2.24, 2.45) is 0 Å². The number of amides is 1. The average Bonchev–Trinajstić information content (AvgIpc) is 2.78. The number of benzene rings is 2. The lowest BCUT2D eigenvalue weighted by Gasteiger charge is -2.11. The minimum atomic E-state index is -0.122. The zero-order chi connectivity index (χ0) is 21.6. The number of aromatic nitrogens is 3. The second kappa shape index (κ2) is 9.04. The van der Waals surface area contributed by atoms with E-state index in [4.69, 9.17) is 0 Å². The molecule has 2 heterocycles. The second-order valence-electron chi connectivity index (χ2n) is 7.10. The fourth-order valence-electron chi connectivity index (χ4n) is 3.03. The molecule has 4 rings (SSSR count). The van der Waals surface area contributed by atoms with Crippen LogP contribution in [0.1, 0.15) is 21.5 Å². The molecule has 1 amide bonds. The van der Waals surface area contributed by atoms with E-state index in [1.807, 2.05) is 74.5 Å². The molecule has 7 heteroatoms. The van der Waals surface area contributed by atoms with E-state index >= 15 is 0 Å². The third-order valence-electron chi connectivity index (χ3n) is 4.64. The van der Waals surface area contributed by atoms with Crippen LogP contribution in [0, 0.1) is 13.8 Å². The van der Waals surface area contributed by atoms with E-state index in [2.05, 4.69) is 30.9 Å². The molecule has 0 bridgehead atoms. The van der Waals surface area contributed by atoms with E-state index in [1.165, 1.54) is 6.33 Å². The summed E-state index contributed by atoms with van der Waals surface area (Å²) in [5.41, 5.74) is 4.23. The fourth-order valence-corrected chi connectivity index (χ4v) is 3.03. The van der Waals surface area contributed by atoms with Gasteiger partial charge in [0.25, 0.3) is 5.91 Å². The highest BCUT2D eigenvalue weighted by molar-refractivity contribution is 6.05. The van der Waals surface area contributed by atoms with Gasteiger partial charge >= 0.3 is 0 Å². The molecular weight excluding hydrogens is 388 g/mol. The molecule has 7 nitrogen and oxygen atoms in total. The molecule has 0 atom stereocenters. The molecule has 0 aliphatic rings. The molecular formula is C24H22N6O. The SMILES string of the molecule is Cc1ccc(C)c(C(=O)Nc2ccc(Nc3cc(Nc4ccccn4)ncn3)cc2)c1. The standard InChI is InChI=1S/C24H22N6O/c1-16-6-7-17(2)20(13-16)24(31)29-19-10-8-18(9-11-19)28-22-14-23(27-15-26-22)30-21-5-3-4-12-25-21/h3-15H,1-2H3,(H,29,31)(H2,25,26,27,28,30). The van der Waals surface area contributed by atoms with E-state index in [-0.39, 0.29) is 5.91 Å². The van der Waals surface area contributed by atoms with Gasteiger partial charge in [-0.3, -0.25) is 4.79 Å². The van der Waals surface area contributed by atoms with Crippen LogP contribution in [-0.2, 0) is 0 Å². The summed E-state index contributed by atoms with van der Waals surface area (Å²) in [5, 5.41) is 9.31. The first-order valence-corrected chi connectivity index (χ1v) is 9.82. The summed E-state index contributed by atoms with van der Waals surface area (Å²) < 4.78 is 0. The summed E-state index contributed by atoms with van der Waals surface area (Å²) in [5.74, 6) is 1.85. The van der Waals surface area contributed by atoms with Gasteiger partial charge in [-0.15, -0.1) is 0 Å². The van der Waals surface area contributed by atoms with Crippen LogP contribution >= 0.6 is 0 Å². The summed E-state index contributed by atoms with van der Waals surface area (Å²) in [6, 6.07) is 20.7. The van der Waals surface area contributed by atoms with E-state index in [9.17, 15) is 4.79 Å². The van der Waals surface area contributed by atoms with E-state index in [1.54, 1.807) is 12.3 Å². The number of carbonyl (C=O) groups is 1. The van der Waals surface area contributed by atoms with Gasteiger partial charge in [0.15, 0.2) is 0 Å². The zero-order valence-electron chi connectivity index (χ0n) is 17.3. The Morgan fingerprint density at radius 2 is 1.48 bits per heavy atom. The summed E-state index contributed by atoms with van der Waals surface area (Å²) >= 11 is 0. The number of pyridine rings is 1. The molecule has 31 heavy (non-hydrogen) atoms. The lowest BCUT2D eigenvalue weighted by Crippen LogP contribution is -2.13. The van der Waals surface area contributed by atoms with Crippen molar-refractivity contribution in [3.05, 3.63) is 95.9 Å². The van der Waals surface area contributed by atoms with E-state index < -0.39 is 0 Å². The van der Waals surface area contributed by atoms with Crippen LogP contribution < -0.4 is 16.0 Å². The Balaban J connectivity index is 1.41. The smallest absolute Gasteiger partial charge is 0.255 e. The Morgan fingerprint density at radius 1 is 0.742 bits per heavy atom. The van der Waals surface area contributed by atoms with Crippen molar-refractivity contribution >= 4 is 34.7 Å². The first-order valence-electron chi connectivity index (χ1n) is 9.82. The molecule has 4 aromatic rings. The van der Waals surface area contributed by atoms with Gasteiger partial charge in [0.2, 0.25) is 0 Å². The summed E-state index contributed by atoms with van der Waals surface area (Å²) in [6.45, 7) is 3.90. The normalized spacial score (nSPS) is 10.4. The van der Waals surface area contributed by atoms with Crippen LogP contribution in [0.25, 0.3) is 0 Å². The number of hydrogen-bond acceptors (Lipinski definition) is 6. The van der Waals surface area contributed by atoms with Gasteiger partial charge in [0.05, 0.1) is 0 Å². The predicted octanol–water partition coefficient (Wildman–Crippen LogP) is 5.23. The lowest BCUT2D eigenvalue weighted by atomic mass is 10.1. The molecule has 0 unspecified atom stereocenters. The van der Waals surface area contributed by atoms with E-state index in [0.717, 1.165) is 22.5 Å². The Hall–Kier alpha value is -4.26. The van der Waals surface area contributed by atoms with Crippen LogP contribution in [-0.4, -0.2) is 20.9 Å². The molecule has 0 radical (unpaired) electrons. The molecule has 0 aliphatic carbocycles. The zero-order valence-corrected chi connectivity index (χ0v) is 17.3. The van der Waals surface area contributed by atoms with Crippen molar-refractivity contribution in [2.75, 3.05) is 16.0 Å². The second-order valence-corrected chi connectivity index (χ2v) is 7.10. The maximum Gasteiger partial charge on any atom is 0.255 e. The summed E-state index contributed by atoms with van der Waals surface area (Å²) in [4.78, 5) is 25.3. The third kappa shape index (κ3) is 5.22. The number of anilines is 5. The maximum absolute atomic E-state index is 12.6. The Bertz CT molecular complexity index is 1190. The molecule has 3 N–H and O–H groups in total. The van der Waals surface area contributed by atoms with Gasteiger partial charge < -0.3 is 16.0 Å². The Labute approximate surface area is 180 Å². The van der Waals surface area contributed by atoms with Crippen LogP contribution in [0.3, 0.4) is 0 Å². The first kappa shape index (κ1) is 20.0. The molecule has 154 valence electrons. The number of aryl methyl sites for hydroxylation is 2. The first-order chi connectivity index (χ1) is 15.1. The van der Waals surface area contributed by atoms with Gasteiger partial charge in [0, 0.05) is 29.2 Å². The summed E-state index contributed by atoms with van der Waals surface area (Å²) in [6.07, 6.45) is 3.19. The van der Waals surface area contributed by atoms with Gasteiger partial charge in [0.1, 0.15) is 23.8 Å². The van der Waals surface area contributed by atoms with Crippen molar-refractivity contribution in [1.82, 2.24) is 15.0 Å². The van der Waals surface area contributed by atoms with Gasteiger partial charge in [-0.1, -0.05) is 23.8 Å². The maximum atomic E-state index is 12.6. The van der Waals surface area contributed by atoms with Crippen molar-refractivity contribution in [3.63, 3.8) is 0 Å². The molecule has 0 spiro atoms. The van der Waals surface area contributed by atoms with Crippen LogP contribution in [0.5, 0.6) is 0 Å². The lowest BCUT2D eigenvalue weighted by molar-refractivity contribution is 0.102. The third-order valence-corrected chi connectivity index (χ3v) is 4.64. The Kier molecular flexibility index (Phi) is 5.84. The highest BCUT2D eigenvalue weighted by Crippen LogP contribution is 2.21. The van der Waals surface area contributed by atoms with Crippen LogP contribution in [0.15, 0.2) is 79.3 Å². The number of nitrogens with zero attached hydrogens (tertiary/aromatic N) is 3. The quantitative estimate of drug-likeness (QED) is 0.403. The molecule has 0 saturated heterocycles. The monoisotopic (exact) mass is 410 g/mol. The molecule has 0 fully saturated rings. The van der Waals surface area contributed by atoms with Crippen LogP contribution in [0.2, 0.25) is 0 Å². The number of nitrogens with one attached hydrogen (secondary N) is 3. The average molecular weight is 410 g/mol. The van der Waals surface area contributed by atoms with Crippen molar-refractivity contribution in [2.45, 2.75) is 13.8 Å². The Morgan fingerprint density at radius 3 is 2.23 bits per heavy atom. The predicted molar refractivity (Wildman–Crippen MR) is 123 cm³/mol. The van der Waals surface area contributed by atoms with Crippen molar-refractivity contribution in [1.29, 1.82) is 0 Å². The molecule has 2 aromatic heterocycles. The molecule has 0 saturated carbocycles. The van der Waals surface area contributed by atoms with Crippen LogP contribution in [0.4, 0.5) is 28.8 Å². The van der Waals surface area contributed by atoms with Gasteiger partial charge in [-0.25, -0.2) is 15.0 Å². The number of hydrogen-bond donors (Lipinski definition) is 3. The van der Waals surface area contributed by atoms with Crippen molar-refractivity contribution in [3.8, 4) is 0 Å². The highest BCUT2D eigenvalue weighted by Gasteiger charge is 2.09. The largest absolute Gasteiger partial charge is 0.340 e.